The van der Waals surface area contributed by atoms with Crippen LogP contribution < -0.4 is 9.80 Å². The molecule has 228 valence electrons. The highest BCUT2D eigenvalue weighted by molar-refractivity contribution is 6.10. The summed E-state index contributed by atoms with van der Waals surface area (Å²) in [7, 11) is 0. The summed E-state index contributed by atoms with van der Waals surface area (Å²) in [6, 6.07) is 51.1. The molecule has 0 heterocycles. The summed E-state index contributed by atoms with van der Waals surface area (Å²) in [5.41, 5.74) is 9.78. The molecule has 1 aliphatic carbocycles. The van der Waals surface area contributed by atoms with Gasteiger partial charge in [0.15, 0.2) is 0 Å². The first-order valence-electron chi connectivity index (χ1n) is 15.8. The second-order valence-electron chi connectivity index (χ2n) is 12.5. The van der Waals surface area contributed by atoms with E-state index in [2.05, 4.69) is 84.3 Å². The number of benzene rings is 7. The number of hydrogen-bond acceptors (Lipinski definition) is 2. The Kier molecular flexibility index (Phi) is 6.87. The molecule has 2 nitrogen and oxygen atoms in total. The van der Waals surface area contributed by atoms with Crippen molar-refractivity contribution >= 4 is 44.9 Å². The molecule has 47 heavy (non-hydrogen) atoms. The first-order valence-corrected chi connectivity index (χ1v) is 15.8. The van der Waals surface area contributed by atoms with Crippen LogP contribution in [0.3, 0.4) is 0 Å². The number of hydrogen-bond donors (Lipinski definition) is 0. The first kappa shape index (κ1) is 28.7. The Balaban J connectivity index is 1.35. The van der Waals surface area contributed by atoms with Crippen molar-refractivity contribution in [1.82, 2.24) is 0 Å². The number of fused-ring (bicyclic) bond motifs is 5. The van der Waals surface area contributed by atoms with Crippen LogP contribution in [0.1, 0.15) is 25.0 Å². The van der Waals surface area contributed by atoms with Crippen LogP contribution in [0.15, 0.2) is 158 Å². The SMILES string of the molecule is CC1(C)c2cc(N(c3ccccc3)c3cccc(F)c3)ccc2-c2c1cc(N(c1ccccc1)c1cccc(F)c1)c1ccccc21. The molecule has 0 aliphatic heterocycles. The van der Waals surface area contributed by atoms with E-state index < -0.39 is 0 Å². The van der Waals surface area contributed by atoms with E-state index in [-0.39, 0.29) is 17.0 Å². The maximum Gasteiger partial charge on any atom is 0.125 e. The van der Waals surface area contributed by atoms with Crippen molar-refractivity contribution in [2.24, 2.45) is 0 Å². The van der Waals surface area contributed by atoms with Gasteiger partial charge in [-0.3, -0.25) is 0 Å². The van der Waals surface area contributed by atoms with E-state index >= 15 is 0 Å². The molecule has 0 bridgehead atoms. The molecular weight excluding hydrogens is 582 g/mol. The number of halogens is 2. The van der Waals surface area contributed by atoms with Gasteiger partial charge in [0.1, 0.15) is 11.6 Å². The molecule has 8 rings (SSSR count). The van der Waals surface area contributed by atoms with Gasteiger partial charge in [-0.05, 0) is 107 Å². The number of rotatable bonds is 6. The normalized spacial score (nSPS) is 12.9. The second kappa shape index (κ2) is 11.3. The minimum Gasteiger partial charge on any atom is -0.310 e. The molecule has 0 radical (unpaired) electrons. The topological polar surface area (TPSA) is 6.48 Å². The Labute approximate surface area is 273 Å². The third-order valence-corrected chi connectivity index (χ3v) is 9.30. The number of anilines is 6. The molecule has 0 aromatic heterocycles. The van der Waals surface area contributed by atoms with Crippen LogP contribution in [-0.4, -0.2) is 0 Å². The quantitative estimate of drug-likeness (QED) is 0.184. The first-order chi connectivity index (χ1) is 22.9. The van der Waals surface area contributed by atoms with Gasteiger partial charge in [0.05, 0.1) is 5.69 Å². The highest BCUT2D eigenvalue weighted by Crippen LogP contribution is 2.55. The minimum atomic E-state index is -0.367. The average Bonchev–Trinajstić information content (AvgIpc) is 3.32. The molecule has 0 fully saturated rings. The highest BCUT2D eigenvalue weighted by atomic mass is 19.1. The van der Waals surface area contributed by atoms with E-state index in [0.29, 0.717) is 0 Å². The fourth-order valence-corrected chi connectivity index (χ4v) is 7.13. The van der Waals surface area contributed by atoms with Gasteiger partial charge in [-0.1, -0.05) is 92.7 Å². The zero-order valence-corrected chi connectivity index (χ0v) is 26.2. The molecule has 7 aromatic rings. The molecule has 4 heteroatoms. The van der Waals surface area contributed by atoms with Crippen molar-refractivity contribution in [2.45, 2.75) is 19.3 Å². The molecule has 0 spiro atoms. The largest absolute Gasteiger partial charge is 0.310 e. The smallest absolute Gasteiger partial charge is 0.125 e. The molecule has 0 saturated heterocycles. The molecule has 0 saturated carbocycles. The van der Waals surface area contributed by atoms with Gasteiger partial charge in [0.25, 0.3) is 0 Å². The van der Waals surface area contributed by atoms with Crippen LogP contribution in [0.5, 0.6) is 0 Å². The van der Waals surface area contributed by atoms with Gasteiger partial charge in [0, 0.05) is 39.2 Å². The summed E-state index contributed by atoms with van der Waals surface area (Å²) in [6.07, 6.45) is 0. The van der Waals surface area contributed by atoms with Crippen molar-refractivity contribution < 1.29 is 8.78 Å². The molecule has 0 unspecified atom stereocenters. The van der Waals surface area contributed by atoms with Crippen molar-refractivity contribution in [3.05, 3.63) is 180 Å². The Morgan fingerprint density at radius 2 is 0.936 bits per heavy atom. The predicted molar refractivity (Wildman–Crippen MR) is 191 cm³/mol. The number of nitrogens with zero attached hydrogens (tertiary/aromatic N) is 2. The van der Waals surface area contributed by atoms with Gasteiger partial charge in [0.2, 0.25) is 0 Å². The van der Waals surface area contributed by atoms with Crippen molar-refractivity contribution in [2.75, 3.05) is 9.80 Å². The van der Waals surface area contributed by atoms with E-state index in [1.54, 1.807) is 24.3 Å². The Morgan fingerprint density at radius 3 is 1.55 bits per heavy atom. The third-order valence-electron chi connectivity index (χ3n) is 9.30. The monoisotopic (exact) mass is 614 g/mol. The standard InChI is InChI=1S/C43H32F2N2/c1-43(2)39-27-35(46(31-15-5-3-6-16-31)33-19-11-13-29(44)25-33)23-24-38(39)42-37-22-10-9-21-36(37)41(28-40(42)43)47(32-17-7-4-8-18-32)34-20-12-14-30(45)26-34/h3-28H,1-2H3. The zero-order chi connectivity index (χ0) is 32.1. The average molecular weight is 615 g/mol. The van der Waals surface area contributed by atoms with E-state index in [9.17, 15) is 8.78 Å². The van der Waals surface area contributed by atoms with E-state index in [4.69, 9.17) is 0 Å². The van der Waals surface area contributed by atoms with Crippen molar-refractivity contribution in [3.8, 4) is 11.1 Å². The van der Waals surface area contributed by atoms with Crippen LogP contribution >= 0.6 is 0 Å². The Morgan fingerprint density at radius 1 is 0.426 bits per heavy atom. The predicted octanol–water partition coefficient (Wildman–Crippen LogP) is 12.4. The lowest BCUT2D eigenvalue weighted by atomic mass is 9.81. The second-order valence-corrected chi connectivity index (χ2v) is 12.5. The molecule has 1 aliphatic rings. The third kappa shape index (κ3) is 4.85. The van der Waals surface area contributed by atoms with Crippen molar-refractivity contribution in [3.63, 3.8) is 0 Å². The molecular formula is C43H32F2N2. The lowest BCUT2D eigenvalue weighted by molar-refractivity contribution is 0.627. The molecule has 0 atom stereocenters. The Hall–Kier alpha value is -5.74. The summed E-state index contributed by atoms with van der Waals surface area (Å²) in [5.74, 6) is -0.562. The summed E-state index contributed by atoms with van der Waals surface area (Å²) >= 11 is 0. The minimum absolute atomic E-state index is 0.280. The Bertz CT molecular complexity index is 2260. The fourth-order valence-electron chi connectivity index (χ4n) is 7.13. The van der Waals surface area contributed by atoms with Gasteiger partial charge in [-0.2, -0.15) is 0 Å². The van der Waals surface area contributed by atoms with E-state index in [1.807, 2.05) is 60.7 Å². The zero-order valence-electron chi connectivity index (χ0n) is 26.2. The summed E-state index contributed by atoms with van der Waals surface area (Å²) in [6.45, 7) is 4.54. The van der Waals surface area contributed by atoms with Gasteiger partial charge in [-0.25, -0.2) is 8.78 Å². The maximum atomic E-state index is 14.7. The van der Waals surface area contributed by atoms with Gasteiger partial charge < -0.3 is 9.80 Å². The fraction of sp³-hybridized carbons (Fsp3) is 0.0698. The molecule has 0 amide bonds. The highest BCUT2D eigenvalue weighted by Gasteiger charge is 2.38. The van der Waals surface area contributed by atoms with Gasteiger partial charge in [-0.15, -0.1) is 0 Å². The lowest BCUT2D eigenvalue weighted by Gasteiger charge is -2.30. The van der Waals surface area contributed by atoms with Crippen molar-refractivity contribution in [1.29, 1.82) is 0 Å². The molecule has 0 N–H and O–H groups in total. The number of para-hydroxylation sites is 2. The summed E-state index contributed by atoms with van der Waals surface area (Å²) in [4.78, 5) is 4.25. The van der Waals surface area contributed by atoms with Gasteiger partial charge >= 0.3 is 0 Å². The summed E-state index contributed by atoms with van der Waals surface area (Å²) < 4.78 is 29.3. The van der Waals surface area contributed by atoms with Crippen LogP contribution in [0, 0.1) is 11.6 Å². The maximum absolute atomic E-state index is 14.7. The van der Waals surface area contributed by atoms with Crippen LogP contribution in [-0.2, 0) is 5.41 Å². The van der Waals surface area contributed by atoms with Crippen LogP contribution in [0.4, 0.5) is 42.9 Å². The van der Waals surface area contributed by atoms with E-state index in [0.717, 1.165) is 44.9 Å². The van der Waals surface area contributed by atoms with E-state index in [1.165, 1.54) is 34.4 Å². The summed E-state index contributed by atoms with van der Waals surface area (Å²) in [5, 5.41) is 2.22. The van der Waals surface area contributed by atoms with Crippen LogP contribution in [0.25, 0.3) is 21.9 Å². The van der Waals surface area contributed by atoms with Crippen LogP contribution in [0.2, 0.25) is 0 Å². The molecule has 7 aromatic carbocycles. The lowest BCUT2D eigenvalue weighted by Crippen LogP contribution is -2.18.